The van der Waals surface area contributed by atoms with Crippen LogP contribution in [-0.2, 0) is 17.6 Å². The number of fused-ring (bicyclic) bond motifs is 1. The standard InChI is InChI=1S/C28H21N3O3/c1-16-14-23-18(5-7-22(31-23)21-4-2-3-11-29-21)27(20(16)15-25(32)33)19-6-8-24-26-17(10-13-34-24)9-12-30-28(19)26/h2-9,11-12,14H,10,13,15H2,1H3,(H,32,33). The summed E-state index contributed by atoms with van der Waals surface area (Å²) >= 11 is 0. The van der Waals surface area contributed by atoms with Gasteiger partial charge in [0.15, 0.2) is 0 Å². The SMILES string of the molecule is Cc1cc2nc(-c3ccccn3)ccc2c(-c2ccc3c4c(ccnc24)CCO3)c1CC(=O)O. The Bertz CT molecular complexity index is 1590. The van der Waals surface area contributed by atoms with E-state index in [9.17, 15) is 9.90 Å². The van der Waals surface area contributed by atoms with E-state index in [0.717, 1.165) is 67.6 Å². The van der Waals surface area contributed by atoms with E-state index in [1.807, 2.05) is 67.7 Å². The fourth-order valence-electron chi connectivity index (χ4n) is 4.90. The van der Waals surface area contributed by atoms with Crippen LogP contribution >= 0.6 is 0 Å². The molecule has 34 heavy (non-hydrogen) atoms. The third-order valence-corrected chi connectivity index (χ3v) is 6.42. The minimum atomic E-state index is -0.874. The van der Waals surface area contributed by atoms with Crippen molar-refractivity contribution in [2.45, 2.75) is 19.8 Å². The lowest BCUT2D eigenvalue weighted by Crippen LogP contribution is -2.10. The predicted octanol–water partition coefficient (Wildman–Crippen LogP) is 5.38. The summed E-state index contributed by atoms with van der Waals surface area (Å²) in [6, 6.07) is 17.6. The van der Waals surface area contributed by atoms with Crippen molar-refractivity contribution in [3.63, 3.8) is 0 Å². The minimum Gasteiger partial charge on any atom is -0.493 e. The maximum atomic E-state index is 11.8. The van der Waals surface area contributed by atoms with Gasteiger partial charge in [-0.3, -0.25) is 14.8 Å². The van der Waals surface area contributed by atoms with Gasteiger partial charge in [-0.25, -0.2) is 4.98 Å². The molecule has 0 unspecified atom stereocenters. The third-order valence-electron chi connectivity index (χ3n) is 6.42. The van der Waals surface area contributed by atoms with Gasteiger partial charge in [0.2, 0.25) is 0 Å². The van der Waals surface area contributed by atoms with E-state index in [1.165, 1.54) is 5.56 Å². The second-order valence-electron chi connectivity index (χ2n) is 8.50. The molecular weight excluding hydrogens is 426 g/mol. The summed E-state index contributed by atoms with van der Waals surface area (Å²) in [7, 11) is 0. The lowest BCUT2D eigenvalue weighted by Gasteiger charge is -2.21. The quantitative estimate of drug-likeness (QED) is 0.398. The van der Waals surface area contributed by atoms with Crippen molar-refractivity contribution < 1.29 is 14.6 Å². The summed E-state index contributed by atoms with van der Waals surface area (Å²) in [5.41, 5.74) is 7.78. The first-order valence-corrected chi connectivity index (χ1v) is 11.2. The molecule has 6 nitrogen and oxygen atoms in total. The lowest BCUT2D eigenvalue weighted by atomic mass is 9.87. The van der Waals surface area contributed by atoms with Crippen LogP contribution in [0.3, 0.4) is 0 Å². The smallest absolute Gasteiger partial charge is 0.307 e. The minimum absolute atomic E-state index is 0.0848. The van der Waals surface area contributed by atoms with Crippen LogP contribution in [0.25, 0.3) is 44.3 Å². The molecule has 0 saturated carbocycles. The topological polar surface area (TPSA) is 85.2 Å². The second kappa shape index (κ2) is 7.92. The normalized spacial score (nSPS) is 12.6. The van der Waals surface area contributed by atoms with Crippen LogP contribution in [0.15, 0.2) is 67.0 Å². The summed E-state index contributed by atoms with van der Waals surface area (Å²) in [6.45, 7) is 2.58. The van der Waals surface area contributed by atoms with E-state index < -0.39 is 5.97 Å². The summed E-state index contributed by atoms with van der Waals surface area (Å²) in [5, 5.41) is 11.6. The molecule has 3 aromatic heterocycles. The summed E-state index contributed by atoms with van der Waals surface area (Å²) in [4.78, 5) is 25.9. The Morgan fingerprint density at radius 1 is 1.03 bits per heavy atom. The molecule has 0 fully saturated rings. The Hall–Kier alpha value is -4.32. The largest absolute Gasteiger partial charge is 0.493 e. The van der Waals surface area contributed by atoms with Gasteiger partial charge >= 0.3 is 5.97 Å². The lowest BCUT2D eigenvalue weighted by molar-refractivity contribution is -0.136. The summed E-state index contributed by atoms with van der Waals surface area (Å²) < 4.78 is 5.90. The van der Waals surface area contributed by atoms with E-state index >= 15 is 0 Å². The Morgan fingerprint density at radius 2 is 1.94 bits per heavy atom. The number of hydrogen-bond acceptors (Lipinski definition) is 5. The number of carboxylic acids is 1. The molecule has 6 heteroatoms. The molecule has 0 atom stereocenters. The number of benzene rings is 2. The zero-order valence-corrected chi connectivity index (χ0v) is 18.6. The number of nitrogens with zero attached hydrogens (tertiary/aromatic N) is 3. The van der Waals surface area contributed by atoms with Crippen LogP contribution < -0.4 is 4.74 Å². The van der Waals surface area contributed by atoms with Crippen LogP contribution in [0.1, 0.15) is 16.7 Å². The van der Waals surface area contributed by atoms with Crippen molar-refractivity contribution in [3.8, 4) is 28.3 Å². The molecule has 0 amide bonds. The van der Waals surface area contributed by atoms with Crippen molar-refractivity contribution >= 4 is 27.8 Å². The van der Waals surface area contributed by atoms with Gasteiger partial charge < -0.3 is 9.84 Å². The maximum absolute atomic E-state index is 11.8. The number of aliphatic carboxylic acids is 1. The Labute approximate surface area is 195 Å². The third kappa shape index (κ3) is 3.27. The van der Waals surface area contributed by atoms with Gasteiger partial charge in [-0.15, -0.1) is 0 Å². The van der Waals surface area contributed by atoms with Gasteiger partial charge in [0.05, 0.1) is 35.4 Å². The van der Waals surface area contributed by atoms with E-state index in [-0.39, 0.29) is 6.42 Å². The fourth-order valence-corrected chi connectivity index (χ4v) is 4.90. The molecular formula is C28H21N3O3. The van der Waals surface area contributed by atoms with Gasteiger partial charge in [0.1, 0.15) is 5.75 Å². The Morgan fingerprint density at radius 3 is 2.76 bits per heavy atom. The molecule has 2 aromatic carbocycles. The second-order valence-corrected chi connectivity index (χ2v) is 8.50. The van der Waals surface area contributed by atoms with E-state index in [0.29, 0.717) is 6.61 Å². The zero-order chi connectivity index (χ0) is 23.2. The number of pyridine rings is 3. The van der Waals surface area contributed by atoms with Crippen molar-refractivity contribution in [3.05, 3.63) is 83.7 Å². The van der Waals surface area contributed by atoms with Crippen molar-refractivity contribution in [2.24, 2.45) is 0 Å². The number of carbonyl (C=O) groups is 1. The molecule has 0 spiro atoms. The average molecular weight is 447 g/mol. The molecule has 0 saturated heterocycles. The number of rotatable bonds is 4. The molecule has 166 valence electrons. The van der Waals surface area contributed by atoms with E-state index in [1.54, 1.807) is 6.20 Å². The van der Waals surface area contributed by atoms with Crippen molar-refractivity contribution in [1.29, 1.82) is 0 Å². The van der Waals surface area contributed by atoms with Crippen LogP contribution in [0.2, 0.25) is 0 Å². The predicted molar refractivity (Wildman–Crippen MR) is 131 cm³/mol. The first-order valence-electron chi connectivity index (χ1n) is 11.2. The zero-order valence-electron chi connectivity index (χ0n) is 18.6. The molecule has 1 N–H and O–H groups in total. The molecule has 5 aromatic rings. The highest BCUT2D eigenvalue weighted by atomic mass is 16.5. The average Bonchev–Trinajstić information content (AvgIpc) is 2.85. The number of ether oxygens (including phenoxy) is 1. The van der Waals surface area contributed by atoms with Gasteiger partial charge in [0, 0.05) is 35.2 Å². The van der Waals surface area contributed by atoms with E-state index in [4.69, 9.17) is 14.7 Å². The highest BCUT2D eigenvalue weighted by Gasteiger charge is 2.22. The highest BCUT2D eigenvalue weighted by Crippen LogP contribution is 2.42. The first kappa shape index (κ1) is 20.3. The molecule has 0 aliphatic carbocycles. The van der Waals surface area contributed by atoms with Crippen LogP contribution in [-0.4, -0.2) is 32.6 Å². The van der Waals surface area contributed by atoms with Crippen LogP contribution in [0.4, 0.5) is 0 Å². The number of aromatic nitrogens is 3. The van der Waals surface area contributed by atoms with E-state index in [2.05, 4.69) is 4.98 Å². The number of carboxylic acid groups (broad SMARTS) is 1. The fraction of sp³-hybridized carbons (Fsp3) is 0.143. The highest BCUT2D eigenvalue weighted by molar-refractivity contribution is 6.08. The Balaban J connectivity index is 1.68. The number of aryl methyl sites for hydroxylation is 1. The van der Waals surface area contributed by atoms with Gasteiger partial charge in [-0.1, -0.05) is 6.07 Å². The molecule has 4 heterocycles. The summed E-state index contributed by atoms with van der Waals surface area (Å²) in [6.07, 6.45) is 4.30. The van der Waals surface area contributed by atoms with Crippen LogP contribution in [0, 0.1) is 6.92 Å². The molecule has 6 rings (SSSR count). The summed E-state index contributed by atoms with van der Waals surface area (Å²) in [5.74, 6) is -0.0544. The van der Waals surface area contributed by atoms with Crippen molar-refractivity contribution in [1.82, 2.24) is 15.0 Å². The molecule has 1 aliphatic heterocycles. The monoisotopic (exact) mass is 447 g/mol. The van der Waals surface area contributed by atoms with Gasteiger partial charge in [-0.2, -0.15) is 0 Å². The Kier molecular flexibility index (Phi) is 4.73. The molecule has 0 bridgehead atoms. The van der Waals surface area contributed by atoms with Gasteiger partial charge in [0.25, 0.3) is 0 Å². The van der Waals surface area contributed by atoms with Crippen molar-refractivity contribution in [2.75, 3.05) is 6.61 Å². The first-order chi connectivity index (χ1) is 16.6. The maximum Gasteiger partial charge on any atom is 0.307 e. The molecule has 0 radical (unpaired) electrons. The number of hydrogen-bond donors (Lipinski definition) is 1. The van der Waals surface area contributed by atoms with Crippen LogP contribution in [0.5, 0.6) is 5.75 Å². The molecule has 1 aliphatic rings. The van der Waals surface area contributed by atoms with Gasteiger partial charge in [-0.05, 0) is 77.7 Å².